The second kappa shape index (κ2) is 8.46. The van der Waals surface area contributed by atoms with Crippen LogP contribution in [-0.4, -0.2) is 15.9 Å². The van der Waals surface area contributed by atoms with E-state index in [1.165, 1.54) is 30.5 Å². The molecule has 0 bridgehead atoms. The number of carbonyl (C=O) groups is 1. The highest BCUT2D eigenvalue weighted by Crippen LogP contribution is 2.26. The molecule has 0 fully saturated rings. The van der Waals surface area contributed by atoms with Gasteiger partial charge in [-0.2, -0.15) is 5.26 Å². The summed E-state index contributed by atoms with van der Waals surface area (Å²) < 4.78 is 28.1. The van der Waals surface area contributed by atoms with Crippen molar-refractivity contribution in [1.29, 1.82) is 5.26 Å². The number of rotatable bonds is 4. The van der Waals surface area contributed by atoms with Crippen LogP contribution in [0.4, 0.5) is 8.78 Å². The van der Waals surface area contributed by atoms with Gasteiger partial charge in [-0.15, -0.1) is 0 Å². The highest BCUT2D eigenvalue weighted by atomic mass is 35.5. The molecule has 1 aromatic heterocycles. The van der Waals surface area contributed by atoms with Gasteiger partial charge in [0.05, 0.1) is 39.6 Å². The summed E-state index contributed by atoms with van der Waals surface area (Å²) in [4.78, 5) is 21.7. The van der Waals surface area contributed by atoms with E-state index in [-0.39, 0.29) is 16.1 Å². The number of hydrogen-bond donors (Lipinski definition) is 1. The van der Waals surface area contributed by atoms with E-state index in [4.69, 9.17) is 16.9 Å². The summed E-state index contributed by atoms with van der Waals surface area (Å²) in [5, 5.41) is 11.6. The minimum Gasteiger partial charge on any atom is -0.339 e. The van der Waals surface area contributed by atoms with E-state index in [1.807, 2.05) is 6.07 Å². The maximum atomic E-state index is 14.1. The fraction of sp³-hybridized carbons (Fsp3) is 0.0435. The first-order valence-corrected chi connectivity index (χ1v) is 9.51. The van der Waals surface area contributed by atoms with Crippen LogP contribution in [0.1, 0.15) is 33.2 Å². The van der Waals surface area contributed by atoms with Gasteiger partial charge >= 0.3 is 0 Å². The quantitative estimate of drug-likeness (QED) is 0.492. The van der Waals surface area contributed by atoms with E-state index in [9.17, 15) is 13.6 Å². The maximum absolute atomic E-state index is 14.1. The van der Waals surface area contributed by atoms with Crippen LogP contribution in [0, 0.1) is 23.0 Å². The van der Waals surface area contributed by atoms with Gasteiger partial charge in [0.25, 0.3) is 5.91 Å². The predicted molar refractivity (Wildman–Crippen MR) is 111 cm³/mol. The number of amides is 1. The molecule has 0 aliphatic carbocycles. The number of halogens is 3. The molecular formula is C23H13ClF2N4O. The summed E-state index contributed by atoms with van der Waals surface area (Å²) in [6, 6.07) is 15.7. The Morgan fingerprint density at radius 3 is 2.52 bits per heavy atom. The van der Waals surface area contributed by atoms with E-state index in [0.29, 0.717) is 22.3 Å². The van der Waals surface area contributed by atoms with Crippen LogP contribution in [0.15, 0.2) is 66.9 Å². The number of nitrogens with zero attached hydrogens (tertiary/aromatic N) is 3. The molecule has 0 saturated carbocycles. The molecule has 0 saturated heterocycles. The molecule has 0 radical (unpaired) electrons. The highest BCUT2D eigenvalue weighted by molar-refractivity contribution is 6.30. The number of benzene rings is 3. The molecule has 4 rings (SSSR count). The molecule has 1 amide bonds. The topological polar surface area (TPSA) is 78.7 Å². The van der Waals surface area contributed by atoms with Crippen molar-refractivity contribution in [3.63, 3.8) is 0 Å². The van der Waals surface area contributed by atoms with Crippen molar-refractivity contribution in [2.24, 2.45) is 0 Å². The average Bonchev–Trinajstić information content (AvgIpc) is 2.79. The van der Waals surface area contributed by atoms with E-state index in [1.54, 1.807) is 30.3 Å². The lowest BCUT2D eigenvalue weighted by Crippen LogP contribution is -2.30. The second-order valence-electron chi connectivity index (χ2n) is 6.67. The van der Waals surface area contributed by atoms with Gasteiger partial charge in [0.15, 0.2) is 0 Å². The minimum atomic E-state index is -0.880. The van der Waals surface area contributed by atoms with E-state index in [2.05, 4.69) is 15.3 Å². The van der Waals surface area contributed by atoms with Gasteiger partial charge < -0.3 is 5.32 Å². The Bertz CT molecular complexity index is 1350. The Kier molecular flexibility index (Phi) is 5.56. The molecule has 1 N–H and O–H groups in total. The smallest absolute Gasteiger partial charge is 0.252 e. The van der Waals surface area contributed by atoms with Crippen molar-refractivity contribution in [3.8, 4) is 6.07 Å². The fourth-order valence-electron chi connectivity index (χ4n) is 3.09. The van der Waals surface area contributed by atoms with Crippen molar-refractivity contribution in [2.75, 3.05) is 0 Å². The van der Waals surface area contributed by atoms with Gasteiger partial charge in [-0.05, 0) is 48.0 Å². The van der Waals surface area contributed by atoms with E-state index < -0.39 is 23.6 Å². The van der Waals surface area contributed by atoms with Crippen LogP contribution < -0.4 is 5.32 Å². The molecule has 4 aromatic rings. The van der Waals surface area contributed by atoms with Gasteiger partial charge in [-0.25, -0.2) is 13.8 Å². The third-order valence-electron chi connectivity index (χ3n) is 4.67. The second-order valence-corrected chi connectivity index (χ2v) is 7.08. The van der Waals surface area contributed by atoms with Gasteiger partial charge in [-0.3, -0.25) is 9.78 Å². The third kappa shape index (κ3) is 4.20. The number of aromatic nitrogens is 2. The molecule has 152 valence electrons. The summed E-state index contributed by atoms with van der Waals surface area (Å²) in [5.74, 6) is -2.09. The number of hydrogen-bond acceptors (Lipinski definition) is 4. The van der Waals surface area contributed by atoms with Crippen molar-refractivity contribution in [3.05, 3.63) is 106 Å². The molecule has 0 spiro atoms. The molecule has 1 heterocycles. The van der Waals surface area contributed by atoms with Gasteiger partial charge in [-0.1, -0.05) is 29.8 Å². The summed E-state index contributed by atoms with van der Waals surface area (Å²) in [5.41, 5.74) is 1.83. The Hall–Kier alpha value is -3.89. The highest BCUT2D eigenvalue weighted by Gasteiger charge is 2.22. The molecule has 31 heavy (non-hydrogen) atoms. The van der Waals surface area contributed by atoms with E-state index in [0.717, 1.165) is 6.07 Å². The zero-order chi connectivity index (χ0) is 22.0. The van der Waals surface area contributed by atoms with Crippen molar-refractivity contribution < 1.29 is 13.6 Å². The zero-order valence-corrected chi connectivity index (χ0v) is 16.6. The lowest BCUT2D eigenvalue weighted by molar-refractivity contribution is 0.0941. The Labute approximate surface area is 180 Å². The number of nitriles is 1. The molecule has 8 heteroatoms. The predicted octanol–water partition coefficient (Wildman–Crippen LogP) is 4.95. The van der Waals surface area contributed by atoms with Gasteiger partial charge in [0, 0.05) is 5.56 Å². The normalized spacial score (nSPS) is 11.7. The van der Waals surface area contributed by atoms with Crippen LogP contribution in [0.3, 0.4) is 0 Å². The van der Waals surface area contributed by atoms with Crippen LogP contribution in [-0.2, 0) is 0 Å². The molecule has 0 aliphatic heterocycles. The van der Waals surface area contributed by atoms with E-state index >= 15 is 0 Å². The van der Waals surface area contributed by atoms with Crippen LogP contribution in [0.2, 0.25) is 5.02 Å². The number of nitrogens with one attached hydrogen (secondary N) is 1. The van der Waals surface area contributed by atoms with Crippen LogP contribution >= 0.6 is 11.6 Å². The number of para-hydroxylation sites is 2. The summed E-state index contributed by atoms with van der Waals surface area (Å²) in [6.07, 6.45) is 1.49. The molecule has 0 aliphatic rings. The largest absolute Gasteiger partial charge is 0.339 e. The summed E-state index contributed by atoms with van der Waals surface area (Å²) in [6.45, 7) is 0. The Morgan fingerprint density at radius 2 is 1.81 bits per heavy atom. The van der Waals surface area contributed by atoms with Gasteiger partial charge in [0.1, 0.15) is 17.7 Å². The Balaban J connectivity index is 1.76. The number of fused-ring (bicyclic) bond motifs is 1. The SMILES string of the molecule is N#Cc1ccc(C(=O)N[C@@H](c2ccc(Cl)c(F)c2)c2cnc3ccccc3n2)cc1F. The average molecular weight is 435 g/mol. The lowest BCUT2D eigenvalue weighted by atomic mass is 10.0. The first-order chi connectivity index (χ1) is 15.0. The van der Waals surface area contributed by atoms with Crippen molar-refractivity contribution in [1.82, 2.24) is 15.3 Å². The minimum absolute atomic E-state index is 0.00434. The monoisotopic (exact) mass is 434 g/mol. The number of carbonyl (C=O) groups excluding carboxylic acids is 1. The van der Waals surface area contributed by atoms with Crippen molar-refractivity contribution >= 4 is 28.5 Å². The fourth-order valence-corrected chi connectivity index (χ4v) is 3.21. The summed E-state index contributed by atoms with van der Waals surface area (Å²) in [7, 11) is 0. The van der Waals surface area contributed by atoms with Crippen LogP contribution in [0.25, 0.3) is 11.0 Å². The van der Waals surface area contributed by atoms with Gasteiger partial charge in [0.2, 0.25) is 0 Å². The maximum Gasteiger partial charge on any atom is 0.252 e. The molecule has 1 atom stereocenters. The standard InChI is InChI=1S/C23H13ClF2N4O/c24-16-8-7-13(9-18(16)26)22(21-12-28-19-3-1-2-4-20(19)29-21)30-23(31)14-5-6-15(11-27)17(25)10-14/h1-10,12,22H,(H,30,31)/t22-/m0/s1. The Morgan fingerprint density at radius 1 is 1.03 bits per heavy atom. The first-order valence-electron chi connectivity index (χ1n) is 9.13. The molecule has 0 unspecified atom stereocenters. The third-order valence-corrected chi connectivity index (χ3v) is 4.97. The zero-order valence-electron chi connectivity index (χ0n) is 15.8. The first kappa shape index (κ1) is 20.4. The molecule has 3 aromatic carbocycles. The van der Waals surface area contributed by atoms with Crippen molar-refractivity contribution in [2.45, 2.75) is 6.04 Å². The molecule has 5 nitrogen and oxygen atoms in total. The van der Waals surface area contributed by atoms with Crippen LogP contribution in [0.5, 0.6) is 0 Å². The molecular weight excluding hydrogens is 422 g/mol. The summed E-state index contributed by atoms with van der Waals surface area (Å²) >= 11 is 5.80. The lowest BCUT2D eigenvalue weighted by Gasteiger charge is -2.19.